The van der Waals surface area contributed by atoms with Crippen molar-refractivity contribution in [1.29, 1.82) is 0 Å². The number of amides is 2. The molecule has 17 heavy (non-hydrogen) atoms. The molecule has 0 aromatic carbocycles. The summed E-state index contributed by atoms with van der Waals surface area (Å²) in [6, 6.07) is 0.0115. The van der Waals surface area contributed by atoms with Crippen molar-refractivity contribution < 1.29 is 4.79 Å². The molecule has 0 saturated carbocycles. The van der Waals surface area contributed by atoms with Crippen molar-refractivity contribution in [1.82, 2.24) is 15.5 Å². The van der Waals surface area contributed by atoms with Gasteiger partial charge in [0.1, 0.15) is 0 Å². The van der Waals surface area contributed by atoms with Gasteiger partial charge >= 0.3 is 6.03 Å². The Bertz CT molecular complexity index is 335. The molecule has 1 rings (SSSR count). The first-order valence-corrected chi connectivity index (χ1v) is 5.61. The summed E-state index contributed by atoms with van der Waals surface area (Å²) in [7, 11) is 2.04. The van der Waals surface area contributed by atoms with Crippen LogP contribution in [0.4, 0.5) is 4.79 Å². The summed E-state index contributed by atoms with van der Waals surface area (Å²) >= 11 is 0. The minimum absolute atomic E-state index is 0.211. The molecule has 2 amide bonds. The molecule has 94 valence electrons. The lowest BCUT2D eigenvalue weighted by Gasteiger charge is -2.13. The van der Waals surface area contributed by atoms with Crippen LogP contribution in [-0.4, -0.2) is 37.1 Å². The van der Waals surface area contributed by atoms with Crippen molar-refractivity contribution in [3.8, 4) is 0 Å². The zero-order valence-electron chi connectivity index (χ0n) is 10.1. The number of nitrogens with one attached hydrogen (secondary N) is 2. The van der Waals surface area contributed by atoms with Gasteiger partial charge in [-0.2, -0.15) is 0 Å². The highest BCUT2D eigenvalue weighted by atomic mass is 16.2. The molecular formula is C12H20N4O. The van der Waals surface area contributed by atoms with Gasteiger partial charge in [-0.05, 0) is 38.4 Å². The topological polar surface area (TPSA) is 70.4 Å². The van der Waals surface area contributed by atoms with Gasteiger partial charge in [-0.25, -0.2) is 4.79 Å². The first kappa shape index (κ1) is 13.3. The van der Waals surface area contributed by atoms with E-state index in [4.69, 9.17) is 5.73 Å². The average molecular weight is 236 g/mol. The van der Waals surface area contributed by atoms with Crippen molar-refractivity contribution in [2.24, 2.45) is 5.73 Å². The largest absolute Gasteiger partial charge is 0.405 e. The smallest absolute Gasteiger partial charge is 0.319 e. The SMILES string of the molecule is C=C(/C=C\C=C/N)NC(=O)N[C@@H]1CCN(C)C1. The van der Waals surface area contributed by atoms with Crippen LogP contribution >= 0.6 is 0 Å². The highest BCUT2D eigenvalue weighted by Crippen LogP contribution is 2.05. The van der Waals surface area contributed by atoms with E-state index < -0.39 is 0 Å². The Morgan fingerprint density at radius 1 is 1.53 bits per heavy atom. The number of carbonyl (C=O) groups excluding carboxylic acids is 1. The Morgan fingerprint density at radius 2 is 2.29 bits per heavy atom. The van der Waals surface area contributed by atoms with Crippen LogP contribution in [0.3, 0.4) is 0 Å². The van der Waals surface area contributed by atoms with Gasteiger partial charge in [-0.15, -0.1) is 0 Å². The van der Waals surface area contributed by atoms with Crippen LogP contribution in [0.15, 0.2) is 36.7 Å². The molecule has 0 aromatic rings. The predicted molar refractivity (Wildman–Crippen MR) is 69.2 cm³/mol. The molecule has 1 aliphatic heterocycles. The van der Waals surface area contributed by atoms with Crippen molar-refractivity contribution in [3.63, 3.8) is 0 Å². The fraction of sp³-hybridized carbons (Fsp3) is 0.417. The fourth-order valence-electron chi connectivity index (χ4n) is 1.70. The third-order valence-corrected chi connectivity index (χ3v) is 2.52. The number of likely N-dealkylation sites (N-methyl/N-ethyl adjacent to an activating group) is 1. The number of nitrogens with zero attached hydrogens (tertiary/aromatic N) is 1. The summed E-state index contributed by atoms with van der Waals surface area (Å²) in [6.45, 7) is 5.63. The molecule has 0 unspecified atom stereocenters. The molecule has 1 heterocycles. The minimum Gasteiger partial charge on any atom is -0.405 e. The van der Waals surface area contributed by atoms with Crippen LogP contribution < -0.4 is 16.4 Å². The second-order valence-corrected chi connectivity index (χ2v) is 4.12. The van der Waals surface area contributed by atoms with Gasteiger partial charge in [-0.3, -0.25) is 0 Å². The van der Waals surface area contributed by atoms with Gasteiger partial charge in [0.15, 0.2) is 0 Å². The van der Waals surface area contributed by atoms with E-state index in [-0.39, 0.29) is 12.1 Å². The normalized spacial score (nSPS) is 21.1. The predicted octanol–water partition coefficient (Wildman–Crippen LogP) is 0.532. The van der Waals surface area contributed by atoms with Crippen LogP contribution in [0.2, 0.25) is 0 Å². The molecule has 0 spiro atoms. The molecule has 1 fully saturated rings. The zero-order valence-corrected chi connectivity index (χ0v) is 10.1. The van der Waals surface area contributed by atoms with Gasteiger partial charge in [-0.1, -0.05) is 12.7 Å². The van der Waals surface area contributed by atoms with Gasteiger partial charge < -0.3 is 21.3 Å². The van der Waals surface area contributed by atoms with Gasteiger partial charge in [0, 0.05) is 18.3 Å². The Morgan fingerprint density at radius 3 is 2.88 bits per heavy atom. The molecule has 0 aromatic heterocycles. The van der Waals surface area contributed by atoms with Crippen molar-refractivity contribution in [2.45, 2.75) is 12.5 Å². The number of carbonyl (C=O) groups is 1. The number of urea groups is 1. The molecule has 0 bridgehead atoms. The van der Waals surface area contributed by atoms with Crippen molar-refractivity contribution in [3.05, 3.63) is 36.7 Å². The third-order valence-electron chi connectivity index (χ3n) is 2.52. The van der Waals surface area contributed by atoms with Crippen LogP contribution in [-0.2, 0) is 0 Å². The van der Waals surface area contributed by atoms with E-state index in [1.165, 1.54) is 6.20 Å². The van der Waals surface area contributed by atoms with E-state index in [0.717, 1.165) is 19.5 Å². The number of rotatable bonds is 4. The Kier molecular flexibility index (Phi) is 5.29. The van der Waals surface area contributed by atoms with E-state index in [1.807, 2.05) is 7.05 Å². The molecule has 0 radical (unpaired) electrons. The van der Waals surface area contributed by atoms with E-state index in [9.17, 15) is 4.79 Å². The Labute approximate surface area is 102 Å². The van der Waals surface area contributed by atoms with E-state index in [1.54, 1.807) is 18.2 Å². The lowest BCUT2D eigenvalue weighted by molar-refractivity contribution is 0.239. The molecule has 1 saturated heterocycles. The Hall–Kier alpha value is -1.75. The maximum Gasteiger partial charge on any atom is 0.319 e. The monoisotopic (exact) mass is 236 g/mol. The second kappa shape index (κ2) is 6.75. The summed E-state index contributed by atoms with van der Waals surface area (Å²) in [6.07, 6.45) is 7.47. The Balaban J connectivity index is 2.27. The summed E-state index contributed by atoms with van der Waals surface area (Å²) in [4.78, 5) is 13.8. The van der Waals surface area contributed by atoms with E-state index in [0.29, 0.717) is 5.70 Å². The summed E-state index contributed by atoms with van der Waals surface area (Å²) < 4.78 is 0. The standard InChI is InChI=1S/C12H20N4O/c1-10(5-3-4-7-13)14-12(17)15-11-6-8-16(2)9-11/h3-5,7,11H,1,6,8-9,13H2,2H3,(H2,14,15,17)/b5-3-,7-4-/t11-/m1/s1. The second-order valence-electron chi connectivity index (χ2n) is 4.12. The van der Waals surface area contributed by atoms with Crippen LogP contribution in [0, 0.1) is 0 Å². The van der Waals surface area contributed by atoms with Crippen LogP contribution in [0.25, 0.3) is 0 Å². The number of hydrogen-bond donors (Lipinski definition) is 3. The van der Waals surface area contributed by atoms with Crippen LogP contribution in [0.1, 0.15) is 6.42 Å². The van der Waals surface area contributed by atoms with Gasteiger partial charge in [0.05, 0.1) is 0 Å². The third kappa shape index (κ3) is 5.21. The lowest BCUT2D eigenvalue weighted by atomic mass is 10.3. The van der Waals surface area contributed by atoms with Gasteiger partial charge in [0.2, 0.25) is 0 Å². The maximum atomic E-state index is 11.6. The molecule has 5 heteroatoms. The molecule has 5 nitrogen and oxygen atoms in total. The first-order valence-electron chi connectivity index (χ1n) is 5.61. The minimum atomic E-state index is -0.211. The highest BCUT2D eigenvalue weighted by molar-refractivity contribution is 5.76. The van der Waals surface area contributed by atoms with E-state index >= 15 is 0 Å². The number of likely N-dealkylation sites (tertiary alicyclic amines) is 1. The van der Waals surface area contributed by atoms with Crippen LogP contribution in [0.5, 0.6) is 0 Å². The molecule has 0 aliphatic carbocycles. The fourth-order valence-corrected chi connectivity index (χ4v) is 1.70. The molecule has 4 N–H and O–H groups in total. The maximum absolute atomic E-state index is 11.6. The number of nitrogens with two attached hydrogens (primary N) is 1. The number of hydrogen-bond acceptors (Lipinski definition) is 3. The van der Waals surface area contributed by atoms with E-state index in [2.05, 4.69) is 22.1 Å². The zero-order chi connectivity index (χ0) is 12.7. The molecular weight excluding hydrogens is 216 g/mol. The molecule has 1 aliphatic rings. The van der Waals surface area contributed by atoms with Crippen molar-refractivity contribution in [2.75, 3.05) is 20.1 Å². The number of allylic oxidation sites excluding steroid dienone is 3. The average Bonchev–Trinajstić information content (AvgIpc) is 2.64. The van der Waals surface area contributed by atoms with Gasteiger partial charge in [0.25, 0.3) is 0 Å². The van der Waals surface area contributed by atoms with Crippen molar-refractivity contribution >= 4 is 6.03 Å². The molecule has 1 atom stereocenters. The quantitative estimate of drug-likeness (QED) is 0.624. The summed E-state index contributed by atoms with van der Waals surface area (Å²) in [5, 5.41) is 5.56. The summed E-state index contributed by atoms with van der Waals surface area (Å²) in [5.41, 5.74) is 5.71. The highest BCUT2D eigenvalue weighted by Gasteiger charge is 2.20. The lowest BCUT2D eigenvalue weighted by Crippen LogP contribution is -2.42. The first-order chi connectivity index (χ1) is 8.11. The summed E-state index contributed by atoms with van der Waals surface area (Å²) in [5.74, 6) is 0.